The summed E-state index contributed by atoms with van der Waals surface area (Å²) in [4.78, 5) is 14.1. The number of carbonyl (C=O) groups is 1. The average molecular weight is 323 g/mol. The molecule has 0 aromatic carbocycles. The Balaban J connectivity index is 1.60. The summed E-state index contributed by atoms with van der Waals surface area (Å²) in [5.74, 6) is 0.385. The number of carbonyl (C=O) groups excluding carboxylic acids is 1. The van der Waals surface area contributed by atoms with Crippen LogP contribution in [0, 0.1) is 5.41 Å². The van der Waals surface area contributed by atoms with Gasteiger partial charge in [-0.3, -0.25) is 0 Å². The lowest BCUT2D eigenvalue weighted by Gasteiger charge is -2.32. The maximum atomic E-state index is 12.3. The van der Waals surface area contributed by atoms with Crippen LogP contribution in [0.5, 0.6) is 0 Å². The van der Waals surface area contributed by atoms with Gasteiger partial charge in [-0.2, -0.15) is 0 Å². The minimum atomic E-state index is -0.443. The van der Waals surface area contributed by atoms with Crippen molar-refractivity contribution in [2.75, 3.05) is 13.1 Å². The van der Waals surface area contributed by atoms with Crippen molar-refractivity contribution in [1.29, 1.82) is 0 Å². The van der Waals surface area contributed by atoms with Crippen LogP contribution in [-0.2, 0) is 14.0 Å². The summed E-state index contributed by atoms with van der Waals surface area (Å²) >= 11 is 0. The van der Waals surface area contributed by atoms with E-state index in [1.807, 2.05) is 25.7 Å². The quantitative estimate of drug-likeness (QED) is 0.693. The molecule has 1 aliphatic carbocycles. The van der Waals surface area contributed by atoms with Crippen LogP contribution in [-0.4, -0.2) is 48.0 Å². The van der Waals surface area contributed by atoms with Gasteiger partial charge in [0, 0.05) is 18.9 Å². The molecule has 1 saturated carbocycles. The molecule has 0 bridgehead atoms. The van der Waals surface area contributed by atoms with Gasteiger partial charge in [-0.1, -0.05) is 0 Å². The monoisotopic (exact) mass is 323 g/mol. The van der Waals surface area contributed by atoms with E-state index in [0.717, 1.165) is 25.9 Å². The Morgan fingerprint density at radius 3 is 2.26 bits per heavy atom. The van der Waals surface area contributed by atoms with E-state index in [4.69, 9.17) is 14.0 Å². The number of hydrogen-bond acceptors (Lipinski definition) is 4. The van der Waals surface area contributed by atoms with Crippen LogP contribution in [0.4, 0.5) is 4.79 Å². The molecule has 23 heavy (non-hydrogen) atoms. The molecule has 2 saturated heterocycles. The Kier molecular flexibility index (Phi) is 3.63. The highest BCUT2D eigenvalue weighted by molar-refractivity contribution is 6.49. The Bertz CT molecular complexity index is 497. The largest absolute Gasteiger partial charge is 0.461 e. The summed E-state index contributed by atoms with van der Waals surface area (Å²) in [5.41, 5.74) is -0.852. The van der Waals surface area contributed by atoms with Crippen LogP contribution in [0.1, 0.15) is 61.3 Å². The highest BCUT2D eigenvalue weighted by Gasteiger charge is 2.68. The van der Waals surface area contributed by atoms with Gasteiger partial charge in [0.05, 0.1) is 11.2 Å². The first-order valence-corrected chi connectivity index (χ1v) is 8.69. The van der Waals surface area contributed by atoms with Crippen LogP contribution in [0.15, 0.2) is 0 Å². The van der Waals surface area contributed by atoms with Crippen molar-refractivity contribution in [2.45, 2.75) is 83.9 Å². The molecule has 0 aromatic heterocycles. The van der Waals surface area contributed by atoms with Gasteiger partial charge in [-0.25, -0.2) is 4.79 Å². The maximum Gasteiger partial charge on any atom is 0.461 e. The number of hydrogen-bond donors (Lipinski definition) is 0. The van der Waals surface area contributed by atoms with Gasteiger partial charge in [-0.15, -0.1) is 0 Å². The summed E-state index contributed by atoms with van der Waals surface area (Å²) in [5, 5.41) is 0. The van der Waals surface area contributed by atoms with Crippen molar-refractivity contribution >= 4 is 13.2 Å². The third-order valence-electron chi connectivity index (χ3n) is 5.89. The standard InChI is InChI=1S/C17H30BNO4/c1-14(2,3)21-13(20)19-9-8-17(11-19)10-12(17)18-22-15(4,5)16(6,7)23-18/h12H,8-11H2,1-7H3/t12-,17-/m1/s1. The Morgan fingerprint density at radius 1 is 1.17 bits per heavy atom. The van der Waals surface area contributed by atoms with E-state index >= 15 is 0 Å². The Morgan fingerprint density at radius 2 is 1.74 bits per heavy atom. The molecule has 2 atom stereocenters. The zero-order chi connectivity index (χ0) is 17.3. The second kappa shape index (κ2) is 4.88. The molecule has 1 amide bonds. The van der Waals surface area contributed by atoms with Crippen LogP contribution in [0.3, 0.4) is 0 Å². The van der Waals surface area contributed by atoms with E-state index in [-0.39, 0.29) is 29.8 Å². The zero-order valence-electron chi connectivity index (χ0n) is 15.6. The lowest BCUT2D eigenvalue weighted by Crippen LogP contribution is -2.41. The second-order valence-corrected chi connectivity index (χ2v) is 9.45. The van der Waals surface area contributed by atoms with Gasteiger partial charge < -0.3 is 18.9 Å². The van der Waals surface area contributed by atoms with Gasteiger partial charge in [0.1, 0.15) is 5.60 Å². The molecule has 0 N–H and O–H groups in total. The van der Waals surface area contributed by atoms with E-state index in [9.17, 15) is 4.79 Å². The fraction of sp³-hybridized carbons (Fsp3) is 0.941. The van der Waals surface area contributed by atoms with Crippen molar-refractivity contribution in [3.8, 4) is 0 Å². The zero-order valence-corrected chi connectivity index (χ0v) is 15.6. The first-order valence-electron chi connectivity index (χ1n) is 8.69. The van der Waals surface area contributed by atoms with Crippen LogP contribution in [0.25, 0.3) is 0 Å². The molecule has 1 spiro atoms. The molecule has 0 radical (unpaired) electrons. The predicted octanol–water partition coefficient (Wildman–Crippen LogP) is 3.48. The second-order valence-electron chi connectivity index (χ2n) is 9.45. The van der Waals surface area contributed by atoms with Crippen LogP contribution in [0.2, 0.25) is 5.82 Å². The number of ether oxygens (including phenoxy) is 1. The highest BCUT2D eigenvalue weighted by Crippen LogP contribution is 2.66. The molecule has 0 unspecified atom stereocenters. The molecular weight excluding hydrogens is 293 g/mol. The predicted molar refractivity (Wildman–Crippen MR) is 89.3 cm³/mol. The van der Waals surface area contributed by atoms with Gasteiger partial charge in [0.25, 0.3) is 0 Å². The van der Waals surface area contributed by atoms with Gasteiger partial charge in [0.2, 0.25) is 0 Å². The molecule has 3 fully saturated rings. The fourth-order valence-electron chi connectivity index (χ4n) is 3.66. The van der Waals surface area contributed by atoms with E-state index in [2.05, 4.69) is 27.7 Å². The van der Waals surface area contributed by atoms with Crippen molar-refractivity contribution < 1.29 is 18.8 Å². The number of nitrogens with zero attached hydrogens (tertiary/aromatic N) is 1. The smallest absolute Gasteiger partial charge is 0.444 e. The van der Waals surface area contributed by atoms with Gasteiger partial charge >= 0.3 is 13.2 Å². The van der Waals surface area contributed by atoms with Crippen LogP contribution < -0.4 is 0 Å². The summed E-state index contributed by atoms with van der Waals surface area (Å²) in [6.07, 6.45) is 1.89. The minimum Gasteiger partial charge on any atom is -0.444 e. The first-order chi connectivity index (χ1) is 10.4. The molecular formula is C17H30BNO4. The normalized spacial score (nSPS) is 35.0. The van der Waals surface area contributed by atoms with E-state index in [1.54, 1.807) is 0 Å². The summed E-state index contributed by atoms with van der Waals surface area (Å²) < 4.78 is 17.9. The SMILES string of the molecule is CC(C)(C)OC(=O)N1CC[C@@]2(C[C@H]2B2OC(C)(C)C(C)(C)O2)C1. The lowest BCUT2D eigenvalue weighted by molar-refractivity contribution is 0.00578. The van der Waals surface area contributed by atoms with Gasteiger partial charge in [-0.05, 0) is 66.7 Å². The summed E-state index contributed by atoms with van der Waals surface area (Å²) in [6.45, 7) is 15.6. The first kappa shape index (κ1) is 17.1. The Hall–Kier alpha value is -0.745. The van der Waals surface area contributed by atoms with Crippen LogP contribution >= 0.6 is 0 Å². The average Bonchev–Trinajstić information content (AvgIpc) is 2.76. The summed E-state index contributed by atoms with van der Waals surface area (Å²) in [7, 11) is -0.154. The maximum absolute atomic E-state index is 12.3. The van der Waals surface area contributed by atoms with E-state index in [1.165, 1.54) is 0 Å². The van der Waals surface area contributed by atoms with Crippen molar-refractivity contribution in [1.82, 2.24) is 4.90 Å². The lowest BCUT2D eigenvalue weighted by atomic mass is 9.76. The molecule has 2 aliphatic heterocycles. The minimum absolute atomic E-state index is 0.154. The van der Waals surface area contributed by atoms with Crippen molar-refractivity contribution in [2.24, 2.45) is 5.41 Å². The van der Waals surface area contributed by atoms with Gasteiger partial charge in [0.15, 0.2) is 0 Å². The Labute approximate surface area is 140 Å². The topological polar surface area (TPSA) is 48.0 Å². The third kappa shape index (κ3) is 3.00. The molecule has 2 heterocycles. The van der Waals surface area contributed by atoms with Crippen molar-refractivity contribution in [3.63, 3.8) is 0 Å². The third-order valence-corrected chi connectivity index (χ3v) is 5.89. The molecule has 3 aliphatic rings. The molecule has 5 nitrogen and oxygen atoms in total. The number of rotatable bonds is 1. The van der Waals surface area contributed by atoms with Crippen molar-refractivity contribution in [3.05, 3.63) is 0 Å². The van der Waals surface area contributed by atoms with E-state index in [0.29, 0.717) is 5.82 Å². The molecule has 6 heteroatoms. The highest BCUT2D eigenvalue weighted by atomic mass is 16.7. The molecule has 130 valence electrons. The van der Waals surface area contributed by atoms with E-state index < -0.39 is 5.60 Å². The molecule has 3 rings (SSSR count). The molecule has 0 aromatic rings. The number of likely N-dealkylation sites (tertiary alicyclic amines) is 1. The fourth-order valence-corrected chi connectivity index (χ4v) is 3.66. The summed E-state index contributed by atoms with van der Waals surface area (Å²) in [6, 6.07) is 0. The number of amides is 1.